The van der Waals surface area contributed by atoms with Crippen LogP contribution in [0.4, 0.5) is 0 Å². The third kappa shape index (κ3) is 2.84. The average molecular weight is 266 g/mol. The maximum absolute atomic E-state index is 5.74. The predicted molar refractivity (Wildman–Crippen MR) is 78.4 cm³/mol. The molecule has 3 rings (SSSR count). The minimum absolute atomic E-state index is 0.553. The second-order valence-corrected chi connectivity index (χ2v) is 6.61. The van der Waals surface area contributed by atoms with E-state index in [1.165, 1.54) is 58.2 Å². The summed E-state index contributed by atoms with van der Waals surface area (Å²) in [5.41, 5.74) is 0. The first kappa shape index (κ1) is 13.8. The highest BCUT2D eigenvalue weighted by molar-refractivity contribution is 4.97. The van der Waals surface area contributed by atoms with Gasteiger partial charge in [0.2, 0.25) is 0 Å². The van der Waals surface area contributed by atoms with Crippen LogP contribution >= 0.6 is 0 Å². The second-order valence-electron chi connectivity index (χ2n) is 6.61. The molecule has 0 N–H and O–H groups in total. The van der Waals surface area contributed by atoms with Crippen LogP contribution in [0.15, 0.2) is 0 Å². The molecule has 1 saturated carbocycles. The van der Waals surface area contributed by atoms with Gasteiger partial charge in [-0.15, -0.1) is 0 Å². The number of hydrogen-bond donors (Lipinski definition) is 0. The van der Waals surface area contributed by atoms with E-state index >= 15 is 0 Å². The molecule has 2 atom stereocenters. The van der Waals surface area contributed by atoms with E-state index in [9.17, 15) is 0 Å². The fourth-order valence-electron chi connectivity index (χ4n) is 4.27. The van der Waals surface area contributed by atoms with Crippen molar-refractivity contribution in [2.75, 3.05) is 26.2 Å². The van der Waals surface area contributed by atoms with Crippen molar-refractivity contribution in [2.24, 2.45) is 0 Å². The summed E-state index contributed by atoms with van der Waals surface area (Å²) in [4.78, 5) is 5.61. The Morgan fingerprint density at radius 1 is 1.05 bits per heavy atom. The Kier molecular flexibility index (Phi) is 4.45. The van der Waals surface area contributed by atoms with Gasteiger partial charge < -0.3 is 4.74 Å². The Bertz CT molecular complexity index is 290. The van der Waals surface area contributed by atoms with E-state index in [0.717, 1.165) is 24.7 Å². The Morgan fingerprint density at radius 3 is 2.63 bits per heavy atom. The van der Waals surface area contributed by atoms with Crippen LogP contribution in [0.5, 0.6) is 0 Å². The lowest BCUT2D eigenvalue weighted by atomic mass is 9.84. The summed E-state index contributed by atoms with van der Waals surface area (Å²) < 4.78 is 5.74. The van der Waals surface area contributed by atoms with Gasteiger partial charge in [-0.1, -0.05) is 13.3 Å². The van der Waals surface area contributed by atoms with Gasteiger partial charge in [0.05, 0.1) is 6.10 Å². The van der Waals surface area contributed by atoms with Crippen LogP contribution in [0.1, 0.15) is 52.4 Å². The first-order valence-electron chi connectivity index (χ1n) is 8.43. The lowest BCUT2D eigenvalue weighted by molar-refractivity contribution is -0.0894. The van der Waals surface area contributed by atoms with Crippen LogP contribution in [0.2, 0.25) is 0 Å². The van der Waals surface area contributed by atoms with E-state index in [4.69, 9.17) is 4.74 Å². The first-order chi connectivity index (χ1) is 9.31. The zero-order chi connectivity index (χ0) is 13.2. The number of fused-ring (bicyclic) bond motifs is 1. The quantitative estimate of drug-likeness (QED) is 0.777. The Morgan fingerprint density at radius 2 is 1.89 bits per heavy atom. The molecule has 19 heavy (non-hydrogen) atoms. The zero-order valence-corrected chi connectivity index (χ0v) is 12.7. The maximum Gasteiger partial charge on any atom is 0.0604 e. The summed E-state index contributed by atoms with van der Waals surface area (Å²) in [5, 5.41) is 0. The molecule has 1 aliphatic carbocycles. The number of hydrogen-bond acceptors (Lipinski definition) is 3. The fourth-order valence-corrected chi connectivity index (χ4v) is 4.27. The van der Waals surface area contributed by atoms with Gasteiger partial charge in [-0.2, -0.15) is 0 Å². The van der Waals surface area contributed by atoms with E-state index in [2.05, 4.69) is 23.6 Å². The molecule has 2 heterocycles. The molecular weight excluding hydrogens is 236 g/mol. The number of rotatable bonds is 4. The van der Waals surface area contributed by atoms with Crippen molar-refractivity contribution in [3.8, 4) is 0 Å². The third-order valence-electron chi connectivity index (χ3n) is 5.50. The van der Waals surface area contributed by atoms with Crippen molar-refractivity contribution in [1.29, 1.82) is 0 Å². The monoisotopic (exact) mass is 266 g/mol. The predicted octanol–water partition coefficient (Wildman–Crippen LogP) is 2.50. The highest BCUT2D eigenvalue weighted by Crippen LogP contribution is 2.34. The summed E-state index contributed by atoms with van der Waals surface area (Å²) in [5.74, 6) is 0. The van der Waals surface area contributed by atoms with Crippen LogP contribution < -0.4 is 0 Å². The molecule has 2 aliphatic heterocycles. The van der Waals surface area contributed by atoms with Crippen LogP contribution in [0, 0.1) is 0 Å². The summed E-state index contributed by atoms with van der Waals surface area (Å²) in [7, 11) is 0. The SMILES string of the molecule is CCOC1CC(N2CC3CCCCN3CC2CC)C1. The Hall–Kier alpha value is -0.120. The molecule has 2 unspecified atom stereocenters. The standard InChI is InChI=1S/C16H30N2O/c1-3-13-11-17-8-6-5-7-14(17)12-18(13)15-9-16(10-15)19-4-2/h13-16H,3-12H2,1-2H3. The maximum atomic E-state index is 5.74. The van der Waals surface area contributed by atoms with Gasteiger partial charge in [0.25, 0.3) is 0 Å². The molecule has 3 aliphatic rings. The molecule has 2 saturated heterocycles. The summed E-state index contributed by atoms with van der Waals surface area (Å²) >= 11 is 0. The lowest BCUT2D eigenvalue weighted by Gasteiger charge is -2.54. The second kappa shape index (κ2) is 6.11. The molecular formula is C16H30N2O. The number of piperidine rings is 1. The van der Waals surface area contributed by atoms with E-state index in [1.807, 2.05) is 0 Å². The molecule has 3 nitrogen and oxygen atoms in total. The van der Waals surface area contributed by atoms with E-state index in [-0.39, 0.29) is 0 Å². The molecule has 0 aromatic heterocycles. The van der Waals surface area contributed by atoms with Crippen LogP contribution in [0.25, 0.3) is 0 Å². The minimum Gasteiger partial charge on any atom is -0.378 e. The van der Waals surface area contributed by atoms with Crippen molar-refractivity contribution >= 4 is 0 Å². The Balaban J connectivity index is 1.57. The molecule has 3 fully saturated rings. The summed E-state index contributed by atoms with van der Waals surface area (Å²) in [6.45, 7) is 9.34. The molecule has 0 radical (unpaired) electrons. The number of nitrogens with zero attached hydrogens (tertiary/aromatic N) is 2. The molecule has 110 valence electrons. The van der Waals surface area contributed by atoms with Gasteiger partial charge >= 0.3 is 0 Å². The fraction of sp³-hybridized carbons (Fsp3) is 1.00. The van der Waals surface area contributed by atoms with E-state index < -0.39 is 0 Å². The van der Waals surface area contributed by atoms with Crippen molar-refractivity contribution in [3.05, 3.63) is 0 Å². The van der Waals surface area contributed by atoms with Crippen LogP contribution in [0.3, 0.4) is 0 Å². The topological polar surface area (TPSA) is 15.7 Å². The lowest BCUT2D eigenvalue weighted by Crippen LogP contribution is -2.64. The molecule has 0 spiro atoms. The first-order valence-corrected chi connectivity index (χ1v) is 8.43. The number of piperazine rings is 1. The van der Waals surface area contributed by atoms with Crippen molar-refractivity contribution in [2.45, 2.75) is 76.6 Å². The van der Waals surface area contributed by atoms with Crippen LogP contribution in [-0.2, 0) is 4.74 Å². The minimum atomic E-state index is 0.553. The molecule has 0 aromatic carbocycles. The van der Waals surface area contributed by atoms with Crippen molar-refractivity contribution in [1.82, 2.24) is 9.80 Å². The Labute approximate surface area is 118 Å². The highest BCUT2D eigenvalue weighted by Gasteiger charge is 2.42. The van der Waals surface area contributed by atoms with E-state index in [0.29, 0.717) is 6.10 Å². The highest BCUT2D eigenvalue weighted by atomic mass is 16.5. The summed E-state index contributed by atoms with van der Waals surface area (Å²) in [6, 6.07) is 2.45. The van der Waals surface area contributed by atoms with Crippen LogP contribution in [-0.4, -0.2) is 60.3 Å². The average Bonchev–Trinajstić information content (AvgIpc) is 2.41. The van der Waals surface area contributed by atoms with Gasteiger partial charge in [-0.05, 0) is 45.6 Å². The van der Waals surface area contributed by atoms with Crippen molar-refractivity contribution in [3.63, 3.8) is 0 Å². The van der Waals surface area contributed by atoms with Gasteiger partial charge in [0.1, 0.15) is 0 Å². The largest absolute Gasteiger partial charge is 0.378 e. The summed E-state index contributed by atoms with van der Waals surface area (Å²) in [6.07, 6.45) is 8.69. The van der Waals surface area contributed by atoms with Gasteiger partial charge in [-0.3, -0.25) is 9.80 Å². The van der Waals surface area contributed by atoms with Crippen molar-refractivity contribution < 1.29 is 4.74 Å². The third-order valence-corrected chi connectivity index (χ3v) is 5.50. The molecule has 0 amide bonds. The van der Waals surface area contributed by atoms with Gasteiger partial charge in [-0.25, -0.2) is 0 Å². The van der Waals surface area contributed by atoms with Gasteiger partial charge in [0, 0.05) is 37.8 Å². The zero-order valence-electron chi connectivity index (χ0n) is 12.7. The molecule has 3 heteroatoms. The van der Waals surface area contributed by atoms with Gasteiger partial charge in [0.15, 0.2) is 0 Å². The van der Waals surface area contributed by atoms with E-state index in [1.54, 1.807) is 0 Å². The molecule has 0 bridgehead atoms. The normalized spacial score (nSPS) is 40.7. The smallest absolute Gasteiger partial charge is 0.0604 e. The number of ether oxygens (including phenoxy) is 1. The molecule has 0 aromatic rings.